The molecule has 0 bridgehead atoms. The van der Waals surface area contributed by atoms with Crippen molar-refractivity contribution in [2.75, 3.05) is 5.73 Å². The second-order valence-electron chi connectivity index (χ2n) is 6.28. The van der Waals surface area contributed by atoms with E-state index in [0.29, 0.717) is 17.8 Å². The van der Waals surface area contributed by atoms with Gasteiger partial charge in [-0.1, -0.05) is 27.2 Å². The second kappa shape index (κ2) is 5.98. The lowest BCUT2D eigenvalue weighted by Crippen LogP contribution is -2.36. The maximum Gasteiger partial charge on any atom is 0.152 e. The van der Waals surface area contributed by atoms with Gasteiger partial charge in [0.2, 0.25) is 0 Å². The quantitative estimate of drug-likeness (QED) is 0.835. The van der Waals surface area contributed by atoms with Gasteiger partial charge in [0.15, 0.2) is 5.82 Å². The van der Waals surface area contributed by atoms with E-state index in [-0.39, 0.29) is 17.5 Å². The predicted octanol–water partition coefficient (Wildman–Crippen LogP) is 4.39. The number of ether oxygens (including phenoxy) is 1. The van der Waals surface area contributed by atoms with Crippen LogP contribution in [0.5, 0.6) is 5.75 Å². The first-order valence-corrected chi connectivity index (χ1v) is 7.29. The van der Waals surface area contributed by atoms with E-state index in [4.69, 9.17) is 10.5 Å². The number of halogens is 2. The van der Waals surface area contributed by atoms with E-state index in [9.17, 15) is 8.78 Å². The minimum absolute atomic E-state index is 0.0257. The Morgan fingerprint density at radius 3 is 2.60 bits per heavy atom. The van der Waals surface area contributed by atoms with Crippen molar-refractivity contribution in [2.24, 2.45) is 17.8 Å². The molecule has 2 N–H and O–H groups in total. The summed E-state index contributed by atoms with van der Waals surface area (Å²) in [6, 6.07) is 1.96. The molecule has 2 rings (SSSR count). The van der Waals surface area contributed by atoms with Crippen LogP contribution in [0.15, 0.2) is 12.1 Å². The molecule has 3 unspecified atom stereocenters. The minimum Gasteiger partial charge on any atom is -0.488 e. The summed E-state index contributed by atoms with van der Waals surface area (Å²) in [4.78, 5) is 0. The zero-order chi connectivity index (χ0) is 14.9. The van der Waals surface area contributed by atoms with E-state index in [1.54, 1.807) is 0 Å². The fraction of sp³-hybridized carbons (Fsp3) is 0.625. The maximum absolute atomic E-state index is 13.5. The summed E-state index contributed by atoms with van der Waals surface area (Å²) in [5.41, 5.74) is 5.55. The molecule has 0 amide bonds. The summed E-state index contributed by atoms with van der Waals surface area (Å²) in [6.45, 7) is 6.50. The summed E-state index contributed by atoms with van der Waals surface area (Å²) < 4.78 is 32.7. The van der Waals surface area contributed by atoms with Gasteiger partial charge in [0, 0.05) is 12.1 Å². The van der Waals surface area contributed by atoms with Gasteiger partial charge in [-0.15, -0.1) is 0 Å². The lowest BCUT2D eigenvalue weighted by Gasteiger charge is -2.37. The Morgan fingerprint density at radius 1 is 1.25 bits per heavy atom. The summed E-state index contributed by atoms with van der Waals surface area (Å²) in [5.74, 6) is 0.160. The van der Waals surface area contributed by atoms with Crippen LogP contribution in [0.4, 0.5) is 14.5 Å². The molecular formula is C16H23F2NO. The van der Waals surface area contributed by atoms with Crippen LogP contribution in [0.1, 0.15) is 40.0 Å². The van der Waals surface area contributed by atoms with E-state index in [0.717, 1.165) is 18.9 Å². The first-order chi connectivity index (χ1) is 9.38. The van der Waals surface area contributed by atoms with Gasteiger partial charge in [0.1, 0.15) is 23.4 Å². The Balaban J connectivity index is 2.22. The number of anilines is 1. The SMILES string of the molecule is CC1CCC(C(C)C)C(Oc2cc(F)cc(F)c2N)C1. The number of benzene rings is 1. The summed E-state index contributed by atoms with van der Waals surface area (Å²) in [5, 5.41) is 0. The average molecular weight is 283 g/mol. The van der Waals surface area contributed by atoms with Crippen LogP contribution < -0.4 is 10.5 Å². The van der Waals surface area contributed by atoms with Gasteiger partial charge in [-0.25, -0.2) is 8.78 Å². The molecule has 4 heteroatoms. The molecule has 0 aromatic heterocycles. The largest absolute Gasteiger partial charge is 0.488 e. The fourth-order valence-electron chi connectivity index (χ4n) is 3.07. The van der Waals surface area contributed by atoms with Crippen molar-refractivity contribution in [3.05, 3.63) is 23.8 Å². The molecule has 0 saturated heterocycles. The lowest BCUT2D eigenvalue weighted by molar-refractivity contribution is 0.0462. The van der Waals surface area contributed by atoms with Crippen molar-refractivity contribution in [3.63, 3.8) is 0 Å². The zero-order valence-electron chi connectivity index (χ0n) is 12.3. The van der Waals surface area contributed by atoms with Crippen molar-refractivity contribution in [3.8, 4) is 5.75 Å². The van der Waals surface area contributed by atoms with Crippen LogP contribution >= 0.6 is 0 Å². The van der Waals surface area contributed by atoms with Crippen LogP contribution in [0, 0.1) is 29.4 Å². The van der Waals surface area contributed by atoms with E-state index in [1.165, 1.54) is 12.5 Å². The number of nitrogen functional groups attached to an aromatic ring is 1. The van der Waals surface area contributed by atoms with Gasteiger partial charge in [0.25, 0.3) is 0 Å². The third kappa shape index (κ3) is 3.22. The van der Waals surface area contributed by atoms with Crippen LogP contribution in [0.2, 0.25) is 0 Å². The molecule has 1 saturated carbocycles. The third-order valence-corrected chi connectivity index (χ3v) is 4.30. The third-order valence-electron chi connectivity index (χ3n) is 4.30. The Labute approximate surface area is 119 Å². The molecule has 1 aromatic carbocycles. The summed E-state index contributed by atoms with van der Waals surface area (Å²) >= 11 is 0. The smallest absolute Gasteiger partial charge is 0.152 e. The Morgan fingerprint density at radius 2 is 1.95 bits per heavy atom. The minimum atomic E-state index is -0.759. The Kier molecular flexibility index (Phi) is 4.51. The maximum atomic E-state index is 13.5. The van der Waals surface area contributed by atoms with Crippen molar-refractivity contribution >= 4 is 5.69 Å². The highest BCUT2D eigenvalue weighted by molar-refractivity contribution is 5.53. The number of hydrogen-bond donors (Lipinski definition) is 1. The number of nitrogens with two attached hydrogens (primary N) is 1. The normalized spacial score (nSPS) is 26.8. The first kappa shape index (κ1) is 15.1. The molecule has 0 spiro atoms. The molecule has 3 atom stereocenters. The van der Waals surface area contributed by atoms with Crippen LogP contribution in [-0.2, 0) is 0 Å². The monoisotopic (exact) mass is 283 g/mol. The average Bonchev–Trinajstić information content (AvgIpc) is 2.35. The number of rotatable bonds is 3. The van der Waals surface area contributed by atoms with Crippen LogP contribution in [-0.4, -0.2) is 6.10 Å². The van der Waals surface area contributed by atoms with Gasteiger partial charge < -0.3 is 10.5 Å². The topological polar surface area (TPSA) is 35.2 Å². The fourth-order valence-corrected chi connectivity index (χ4v) is 3.07. The molecule has 1 aliphatic carbocycles. The van der Waals surface area contributed by atoms with Gasteiger partial charge in [-0.05, 0) is 30.6 Å². The van der Waals surface area contributed by atoms with Gasteiger partial charge in [-0.3, -0.25) is 0 Å². The van der Waals surface area contributed by atoms with Crippen LogP contribution in [0.25, 0.3) is 0 Å². The molecule has 0 aliphatic heterocycles. The van der Waals surface area contributed by atoms with Crippen molar-refractivity contribution in [2.45, 2.75) is 46.1 Å². The molecule has 20 heavy (non-hydrogen) atoms. The van der Waals surface area contributed by atoms with Gasteiger partial charge >= 0.3 is 0 Å². The molecule has 1 aromatic rings. The highest BCUT2D eigenvalue weighted by Gasteiger charge is 2.32. The van der Waals surface area contributed by atoms with Gasteiger partial charge in [0.05, 0.1) is 0 Å². The summed E-state index contributed by atoms with van der Waals surface area (Å²) in [6.07, 6.45) is 3.14. The van der Waals surface area contributed by atoms with E-state index in [2.05, 4.69) is 20.8 Å². The molecule has 112 valence electrons. The van der Waals surface area contributed by atoms with E-state index < -0.39 is 11.6 Å². The van der Waals surface area contributed by atoms with Crippen molar-refractivity contribution in [1.29, 1.82) is 0 Å². The standard InChI is InChI=1S/C16H23F2NO/c1-9(2)12-5-4-10(3)6-14(12)20-15-8-11(17)7-13(18)16(15)19/h7-10,12,14H,4-6,19H2,1-3H3. The number of hydrogen-bond acceptors (Lipinski definition) is 2. The highest BCUT2D eigenvalue weighted by atomic mass is 19.1. The van der Waals surface area contributed by atoms with Crippen molar-refractivity contribution in [1.82, 2.24) is 0 Å². The molecule has 0 radical (unpaired) electrons. The molecule has 2 nitrogen and oxygen atoms in total. The highest BCUT2D eigenvalue weighted by Crippen LogP contribution is 2.37. The molecule has 1 aliphatic rings. The van der Waals surface area contributed by atoms with Gasteiger partial charge in [-0.2, -0.15) is 0 Å². The molecule has 0 heterocycles. The Hall–Kier alpha value is -1.32. The van der Waals surface area contributed by atoms with E-state index >= 15 is 0 Å². The van der Waals surface area contributed by atoms with Crippen molar-refractivity contribution < 1.29 is 13.5 Å². The molecular weight excluding hydrogens is 260 g/mol. The lowest BCUT2D eigenvalue weighted by atomic mass is 9.75. The van der Waals surface area contributed by atoms with Crippen LogP contribution in [0.3, 0.4) is 0 Å². The zero-order valence-corrected chi connectivity index (χ0v) is 12.3. The molecule has 1 fully saturated rings. The Bertz CT molecular complexity index is 476. The first-order valence-electron chi connectivity index (χ1n) is 7.29. The predicted molar refractivity (Wildman–Crippen MR) is 76.5 cm³/mol. The summed E-state index contributed by atoms with van der Waals surface area (Å²) in [7, 11) is 0. The second-order valence-corrected chi connectivity index (χ2v) is 6.28. The van der Waals surface area contributed by atoms with E-state index in [1.807, 2.05) is 0 Å².